The average Bonchev–Trinajstić information content (AvgIpc) is 3.21. The molecule has 0 bridgehead atoms. The molecule has 0 saturated heterocycles. The Bertz CT molecular complexity index is 1040. The summed E-state index contributed by atoms with van der Waals surface area (Å²) in [6.07, 6.45) is 4.77. The Hall–Kier alpha value is -2.33. The number of amides is 1. The number of nitrogens with zero attached hydrogens (tertiary/aromatic N) is 2. The number of benzene rings is 1. The van der Waals surface area contributed by atoms with Crippen LogP contribution < -0.4 is 4.90 Å². The second-order valence-electron chi connectivity index (χ2n) is 6.14. The first-order valence-corrected chi connectivity index (χ1v) is 7.89. The van der Waals surface area contributed by atoms with E-state index in [1.165, 1.54) is 4.90 Å². The van der Waals surface area contributed by atoms with E-state index >= 15 is 0 Å². The quantitative estimate of drug-likeness (QED) is 0.779. The van der Waals surface area contributed by atoms with Crippen molar-refractivity contribution in [1.29, 1.82) is 0 Å². The molecule has 1 amide bonds. The monoisotopic (exact) mass is 325 g/mol. The van der Waals surface area contributed by atoms with Crippen LogP contribution in [0.3, 0.4) is 0 Å². The summed E-state index contributed by atoms with van der Waals surface area (Å²) in [6.45, 7) is -2.01. The molecule has 1 aliphatic carbocycles. The molecule has 2 aliphatic rings. The van der Waals surface area contributed by atoms with E-state index in [4.69, 9.17) is 14.3 Å². The zero-order valence-electron chi connectivity index (χ0n) is 14.1. The van der Waals surface area contributed by atoms with Crippen LogP contribution in [0.25, 0.3) is 10.9 Å². The van der Waals surface area contributed by atoms with E-state index in [1.807, 2.05) is 6.07 Å². The van der Waals surface area contributed by atoms with Crippen LogP contribution in [0.1, 0.15) is 26.8 Å². The maximum Gasteiger partial charge on any atom is 0.238 e. The molecule has 3 aromatic rings. The molecule has 1 spiro atoms. The van der Waals surface area contributed by atoms with Gasteiger partial charge in [0.05, 0.1) is 26.5 Å². The highest BCUT2D eigenvalue weighted by molar-refractivity contribution is 6.31. The fourth-order valence-corrected chi connectivity index (χ4v) is 3.59. The molecule has 5 heteroatoms. The first kappa shape index (κ1) is 11.2. The van der Waals surface area contributed by atoms with Gasteiger partial charge in [-0.15, -0.1) is 0 Å². The Morgan fingerprint density at radius 3 is 3.04 bits per heavy atom. The number of rotatable bonds is 2. The number of hydrogen-bond acceptors (Lipinski definition) is 2. The molecule has 114 valence electrons. The van der Waals surface area contributed by atoms with E-state index in [-0.39, 0.29) is 5.91 Å². The molecule has 1 aliphatic heterocycles. The predicted octanol–water partition coefficient (Wildman–Crippen LogP) is 3.79. The van der Waals surface area contributed by atoms with Crippen LogP contribution in [-0.2, 0) is 16.7 Å². The van der Waals surface area contributed by atoms with Crippen LogP contribution in [0.5, 0.6) is 0 Å². The lowest BCUT2D eigenvalue weighted by Gasteiger charge is -2.16. The normalized spacial score (nSPS) is 19.9. The van der Waals surface area contributed by atoms with Gasteiger partial charge in [0.1, 0.15) is 0 Å². The maximum atomic E-state index is 13.1. The summed E-state index contributed by atoms with van der Waals surface area (Å²) in [4.78, 5) is 21.5. The van der Waals surface area contributed by atoms with Gasteiger partial charge in [0.25, 0.3) is 0 Å². The van der Waals surface area contributed by atoms with Crippen LogP contribution in [0.15, 0.2) is 42.7 Å². The SMILES string of the molecule is [2H]C([2H])(c1cc2cc(Cl)ccc2[nH]1)N1C(=O)C2(CC2)c2ccncc21. The number of anilines is 1. The van der Waals surface area contributed by atoms with Gasteiger partial charge in [-0.25, -0.2) is 0 Å². The highest BCUT2D eigenvalue weighted by Gasteiger charge is 2.59. The summed E-state index contributed by atoms with van der Waals surface area (Å²) in [5, 5.41) is 1.40. The van der Waals surface area contributed by atoms with Gasteiger partial charge in [-0.3, -0.25) is 9.78 Å². The molecule has 1 saturated carbocycles. The fourth-order valence-electron chi connectivity index (χ4n) is 3.41. The number of hydrogen-bond donors (Lipinski definition) is 1. The van der Waals surface area contributed by atoms with Crippen molar-refractivity contribution < 1.29 is 7.54 Å². The second kappa shape index (κ2) is 4.36. The van der Waals surface area contributed by atoms with Gasteiger partial charge in [0.15, 0.2) is 0 Å². The van der Waals surface area contributed by atoms with Crippen molar-refractivity contribution in [3.63, 3.8) is 0 Å². The third-order valence-corrected chi connectivity index (χ3v) is 4.97. The van der Waals surface area contributed by atoms with E-state index in [0.717, 1.165) is 29.3 Å². The van der Waals surface area contributed by atoms with Crippen LogP contribution in [-0.4, -0.2) is 15.9 Å². The van der Waals surface area contributed by atoms with Crippen LogP contribution >= 0.6 is 11.6 Å². The average molecular weight is 326 g/mol. The van der Waals surface area contributed by atoms with E-state index in [0.29, 0.717) is 16.4 Å². The van der Waals surface area contributed by atoms with Crippen molar-refractivity contribution in [3.05, 3.63) is 59.0 Å². The molecule has 0 radical (unpaired) electrons. The molecule has 1 fully saturated rings. The number of pyridine rings is 1. The van der Waals surface area contributed by atoms with Crippen molar-refractivity contribution in [3.8, 4) is 0 Å². The minimum atomic E-state index is -2.01. The molecule has 0 unspecified atom stereocenters. The van der Waals surface area contributed by atoms with Crippen LogP contribution in [0, 0.1) is 0 Å². The summed E-state index contributed by atoms with van der Waals surface area (Å²) in [6, 6.07) is 8.88. The molecule has 2 aromatic heterocycles. The number of aromatic amines is 1. The highest BCUT2D eigenvalue weighted by atomic mass is 35.5. The van der Waals surface area contributed by atoms with Gasteiger partial charge in [0, 0.05) is 27.8 Å². The topological polar surface area (TPSA) is 49.0 Å². The van der Waals surface area contributed by atoms with Gasteiger partial charge in [0.2, 0.25) is 5.91 Å². The first-order valence-electron chi connectivity index (χ1n) is 8.51. The van der Waals surface area contributed by atoms with Gasteiger partial charge in [-0.05, 0) is 48.7 Å². The van der Waals surface area contributed by atoms with Gasteiger partial charge < -0.3 is 9.88 Å². The first-order chi connectivity index (χ1) is 11.9. The van der Waals surface area contributed by atoms with Crippen LogP contribution in [0.2, 0.25) is 5.02 Å². The fraction of sp³-hybridized carbons (Fsp3) is 0.222. The maximum absolute atomic E-state index is 13.1. The Morgan fingerprint density at radius 1 is 1.35 bits per heavy atom. The molecule has 1 N–H and O–H groups in total. The zero-order chi connectivity index (χ0) is 17.4. The molecule has 4 nitrogen and oxygen atoms in total. The molecule has 3 heterocycles. The minimum Gasteiger partial charge on any atom is -0.357 e. The molecular formula is C18H14ClN3O. The smallest absolute Gasteiger partial charge is 0.238 e. The lowest BCUT2D eigenvalue weighted by molar-refractivity contribution is -0.120. The lowest BCUT2D eigenvalue weighted by Crippen LogP contribution is -2.31. The second-order valence-corrected chi connectivity index (χ2v) is 6.58. The number of fused-ring (bicyclic) bond motifs is 3. The summed E-state index contributed by atoms with van der Waals surface area (Å²) < 4.78 is 17.4. The number of halogens is 1. The number of carbonyl (C=O) groups is 1. The number of aromatic nitrogens is 2. The molecule has 1 aromatic carbocycles. The van der Waals surface area contributed by atoms with Crippen molar-refractivity contribution in [1.82, 2.24) is 9.97 Å². The third-order valence-electron chi connectivity index (χ3n) is 4.73. The Labute approximate surface area is 140 Å². The third kappa shape index (κ3) is 1.78. The number of nitrogens with one attached hydrogen (secondary N) is 1. The van der Waals surface area contributed by atoms with Crippen LogP contribution in [0.4, 0.5) is 5.69 Å². The standard InChI is InChI=1S/C18H14ClN3O/c19-12-1-2-15-11(7-12)8-13(21-15)10-22-16-9-20-6-3-14(16)18(4-5-18)17(22)23/h1-3,6-9,21H,4-5,10H2/i10D2. The van der Waals surface area contributed by atoms with Crippen molar-refractivity contribution in [2.24, 2.45) is 0 Å². The summed E-state index contributed by atoms with van der Waals surface area (Å²) >= 11 is 6.02. The molecule has 0 atom stereocenters. The largest absolute Gasteiger partial charge is 0.357 e. The zero-order valence-corrected chi connectivity index (χ0v) is 12.9. The van der Waals surface area contributed by atoms with Gasteiger partial charge >= 0.3 is 0 Å². The predicted molar refractivity (Wildman–Crippen MR) is 89.6 cm³/mol. The van der Waals surface area contributed by atoms with E-state index in [9.17, 15) is 4.79 Å². The Balaban J connectivity index is 1.67. The van der Waals surface area contributed by atoms with E-state index < -0.39 is 11.9 Å². The Morgan fingerprint density at radius 2 is 2.22 bits per heavy atom. The minimum absolute atomic E-state index is 0.183. The van der Waals surface area contributed by atoms with Crippen molar-refractivity contribution in [2.75, 3.05) is 4.90 Å². The molecule has 5 rings (SSSR count). The van der Waals surface area contributed by atoms with E-state index in [2.05, 4.69) is 9.97 Å². The summed E-state index contributed by atoms with van der Waals surface area (Å²) in [5.74, 6) is -0.183. The number of carbonyl (C=O) groups excluding carboxylic acids is 1. The van der Waals surface area contributed by atoms with Crippen molar-refractivity contribution >= 4 is 34.1 Å². The summed E-state index contributed by atoms with van der Waals surface area (Å²) in [5.41, 5.74) is 2.00. The van der Waals surface area contributed by atoms with Crippen molar-refractivity contribution in [2.45, 2.75) is 24.8 Å². The summed E-state index contributed by atoms with van der Waals surface area (Å²) in [7, 11) is 0. The Kier molecular flexibility index (Phi) is 2.13. The number of H-pyrrole nitrogens is 1. The van der Waals surface area contributed by atoms with Gasteiger partial charge in [-0.1, -0.05) is 11.6 Å². The van der Waals surface area contributed by atoms with E-state index in [1.54, 1.807) is 36.7 Å². The molecule has 23 heavy (non-hydrogen) atoms. The lowest BCUT2D eigenvalue weighted by atomic mass is 9.99. The molecular weight excluding hydrogens is 310 g/mol. The van der Waals surface area contributed by atoms with Gasteiger partial charge in [-0.2, -0.15) is 0 Å². The highest BCUT2D eigenvalue weighted by Crippen LogP contribution is 2.57.